The lowest BCUT2D eigenvalue weighted by molar-refractivity contribution is 0.159. The van der Waals surface area contributed by atoms with Crippen LogP contribution in [-0.2, 0) is 0 Å². The minimum atomic E-state index is 0.375. The summed E-state index contributed by atoms with van der Waals surface area (Å²) >= 11 is 0. The summed E-state index contributed by atoms with van der Waals surface area (Å²) in [6.07, 6.45) is 8.32. The van der Waals surface area contributed by atoms with E-state index in [2.05, 4.69) is 37.9 Å². The molecule has 2 saturated heterocycles. The maximum absolute atomic E-state index is 3.76. The fourth-order valence-electron chi connectivity index (χ4n) is 3.93. The average molecular weight is 266 g/mol. The van der Waals surface area contributed by atoms with Gasteiger partial charge in [0.15, 0.2) is 0 Å². The lowest BCUT2D eigenvalue weighted by Gasteiger charge is -2.39. The van der Waals surface area contributed by atoms with Gasteiger partial charge in [0.25, 0.3) is 0 Å². The van der Waals surface area contributed by atoms with Gasteiger partial charge in [-0.25, -0.2) is 0 Å². The minimum Gasteiger partial charge on any atom is -0.310 e. The van der Waals surface area contributed by atoms with E-state index in [1.807, 2.05) is 0 Å². The topological polar surface area (TPSA) is 15.3 Å². The smallest absolute Gasteiger partial charge is 0.0280 e. The van der Waals surface area contributed by atoms with Crippen LogP contribution in [0, 0.1) is 11.3 Å². The van der Waals surface area contributed by atoms with Crippen molar-refractivity contribution in [2.45, 2.75) is 71.8 Å². The Hall–Kier alpha value is -0.0800. The van der Waals surface area contributed by atoms with Crippen molar-refractivity contribution in [3.05, 3.63) is 0 Å². The molecule has 112 valence electrons. The Labute approximate surface area is 120 Å². The van der Waals surface area contributed by atoms with E-state index in [4.69, 9.17) is 0 Å². The van der Waals surface area contributed by atoms with Crippen molar-refractivity contribution in [2.75, 3.05) is 26.2 Å². The van der Waals surface area contributed by atoms with Crippen molar-refractivity contribution < 1.29 is 0 Å². The molecule has 2 aliphatic rings. The van der Waals surface area contributed by atoms with Crippen LogP contribution in [0.25, 0.3) is 0 Å². The molecule has 2 unspecified atom stereocenters. The van der Waals surface area contributed by atoms with E-state index in [-0.39, 0.29) is 0 Å². The lowest BCUT2D eigenvalue weighted by Crippen LogP contribution is -2.53. The van der Waals surface area contributed by atoms with Crippen molar-refractivity contribution in [3.63, 3.8) is 0 Å². The molecule has 2 nitrogen and oxygen atoms in total. The third-order valence-electron chi connectivity index (χ3n) is 5.33. The monoisotopic (exact) mass is 266 g/mol. The number of nitrogens with zero attached hydrogens (tertiary/aromatic N) is 1. The third kappa shape index (κ3) is 4.46. The predicted molar refractivity (Wildman–Crippen MR) is 83.5 cm³/mol. The fraction of sp³-hybridized carbons (Fsp3) is 1.00. The number of hydrogen-bond acceptors (Lipinski definition) is 2. The zero-order valence-electron chi connectivity index (χ0n) is 13.6. The van der Waals surface area contributed by atoms with Crippen LogP contribution in [0.5, 0.6) is 0 Å². The van der Waals surface area contributed by atoms with E-state index in [0.29, 0.717) is 11.0 Å². The van der Waals surface area contributed by atoms with Gasteiger partial charge in [-0.1, -0.05) is 27.2 Å². The van der Waals surface area contributed by atoms with Crippen molar-refractivity contribution in [2.24, 2.45) is 11.3 Å². The second-order valence-corrected chi connectivity index (χ2v) is 8.21. The first kappa shape index (κ1) is 15.3. The number of piperidine rings is 1. The second-order valence-electron chi connectivity index (χ2n) is 8.21. The van der Waals surface area contributed by atoms with E-state index >= 15 is 0 Å². The van der Waals surface area contributed by atoms with Crippen LogP contribution in [0.15, 0.2) is 0 Å². The Balaban J connectivity index is 1.85. The molecule has 2 heterocycles. The standard InChI is InChI=1S/C17H34N2/c1-16(2,3)15-8-7-12-19(13-9-15)14-17(4)10-5-6-11-18-17/h15,18H,5-14H2,1-4H3. The van der Waals surface area contributed by atoms with Crippen LogP contribution >= 0.6 is 0 Å². The largest absolute Gasteiger partial charge is 0.310 e. The summed E-state index contributed by atoms with van der Waals surface area (Å²) < 4.78 is 0. The van der Waals surface area contributed by atoms with E-state index < -0.39 is 0 Å². The molecule has 0 amide bonds. The predicted octanol–water partition coefficient (Wildman–Crippen LogP) is 3.67. The normalized spacial score (nSPS) is 35.1. The highest BCUT2D eigenvalue weighted by Gasteiger charge is 2.31. The maximum Gasteiger partial charge on any atom is 0.0280 e. The van der Waals surface area contributed by atoms with E-state index in [1.54, 1.807) is 0 Å². The molecular formula is C17H34N2. The van der Waals surface area contributed by atoms with Crippen molar-refractivity contribution >= 4 is 0 Å². The Morgan fingerprint density at radius 3 is 2.53 bits per heavy atom. The Kier molecular flexibility index (Phi) is 4.94. The summed E-state index contributed by atoms with van der Waals surface area (Å²) in [5.74, 6) is 0.907. The molecule has 0 bridgehead atoms. The van der Waals surface area contributed by atoms with Gasteiger partial charge in [-0.2, -0.15) is 0 Å². The van der Waals surface area contributed by atoms with Crippen LogP contribution in [0.4, 0.5) is 0 Å². The van der Waals surface area contributed by atoms with Crippen LogP contribution < -0.4 is 5.32 Å². The molecule has 0 saturated carbocycles. The average Bonchev–Trinajstić information content (AvgIpc) is 2.54. The third-order valence-corrected chi connectivity index (χ3v) is 5.33. The minimum absolute atomic E-state index is 0.375. The Morgan fingerprint density at radius 1 is 1.11 bits per heavy atom. The highest BCUT2D eigenvalue weighted by Crippen LogP contribution is 2.34. The second kappa shape index (κ2) is 6.13. The summed E-state index contributed by atoms with van der Waals surface area (Å²) in [6, 6.07) is 0. The van der Waals surface area contributed by atoms with Gasteiger partial charge < -0.3 is 10.2 Å². The number of likely N-dealkylation sites (tertiary alicyclic amines) is 1. The molecule has 2 heteroatoms. The zero-order valence-corrected chi connectivity index (χ0v) is 13.6. The summed E-state index contributed by atoms with van der Waals surface area (Å²) in [5, 5.41) is 3.76. The molecule has 19 heavy (non-hydrogen) atoms. The van der Waals surface area contributed by atoms with Crippen molar-refractivity contribution in [1.82, 2.24) is 10.2 Å². The Bertz CT molecular complexity index is 273. The summed E-state index contributed by atoms with van der Waals surface area (Å²) in [4.78, 5) is 2.73. The Morgan fingerprint density at radius 2 is 1.89 bits per heavy atom. The van der Waals surface area contributed by atoms with Crippen LogP contribution in [-0.4, -0.2) is 36.6 Å². The van der Waals surface area contributed by atoms with Gasteiger partial charge in [0.2, 0.25) is 0 Å². The van der Waals surface area contributed by atoms with E-state index in [9.17, 15) is 0 Å². The van der Waals surface area contributed by atoms with Crippen molar-refractivity contribution in [3.8, 4) is 0 Å². The molecule has 0 aromatic carbocycles. The van der Waals surface area contributed by atoms with E-state index in [1.165, 1.54) is 64.7 Å². The van der Waals surface area contributed by atoms with E-state index in [0.717, 1.165) is 5.92 Å². The molecule has 0 aliphatic carbocycles. The number of nitrogens with one attached hydrogen (secondary N) is 1. The van der Waals surface area contributed by atoms with Crippen molar-refractivity contribution in [1.29, 1.82) is 0 Å². The first-order valence-corrected chi connectivity index (χ1v) is 8.36. The lowest BCUT2D eigenvalue weighted by atomic mass is 9.77. The summed E-state index contributed by atoms with van der Waals surface area (Å²) in [6.45, 7) is 14.8. The molecule has 2 fully saturated rings. The molecule has 0 radical (unpaired) electrons. The molecular weight excluding hydrogens is 232 g/mol. The van der Waals surface area contributed by atoms with Gasteiger partial charge in [0.1, 0.15) is 0 Å². The molecule has 2 atom stereocenters. The summed E-state index contributed by atoms with van der Waals surface area (Å²) in [7, 11) is 0. The molecule has 0 spiro atoms. The number of rotatable bonds is 2. The van der Waals surface area contributed by atoms with Gasteiger partial charge in [0, 0.05) is 12.1 Å². The van der Waals surface area contributed by atoms with Crippen LogP contribution in [0.3, 0.4) is 0 Å². The van der Waals surface area contributed by atoms with Gasteiger partial charge in [-0.3, -0.25) is 0 Å². The van der Waals surface area contributed by atoms with Crippen LogP contribution in [0.1, 0.15) is 66.2 Å². The first-order chi connectivity index (χ1) is 8.89. The van der Waals surface area contributed by atoms with Gasteiger partial charge >= 0.3 is 0 Å². The molecule has 0 aromatic heterocycles. The highest BCUT2D eigenvalue weighted by molar-refractivity contribution is 4.90. The molecule has 2 aliphatic heterocycles. The molecule has 0 aromatic rings. The first-order valence-electron chi connectivity index (χ1n) is 8.36. The maximum atomic E-state index is 3.76. The van der Waals surface area contributed by atoms with Crippen LogP contribution in [0.2, 0.25) is 0 Å². The highest BCUT2D eigenvalue weighted by atomic mass is 15.2. The fourth-order valence-corrected chi connectivity index (χ4v) is 3.93. The SMILES string of the molecule is CC1(CN2CCCC(C(C)(C)C)CC2)CCCCN1. The quantitative estimate of drug-likeness (QED) is 0.820. The zero-order chi connectivity index (χ0) is 13.9. The molecule has 2 rings (SSSR count). The number of hydrogen-bond donors (Lipinski definition) is 1. The van der Waals surface area contributed by atoms with Gasteiger partial charge in [-0.05, 0) is 70.0 Å². The van der Waals surface area contributed by atoms with Gasteiger partial charge in [0.05, 0.1) is 0 Å². The summed E-state index contributed by atoms with van der Waals surface area (Å²) in [5.41, 5.74) is 0.864. The molecule has 1 N–H and O–H groups in total. The van der Waals surface area contributed by atoms with Gasteiger partial charge in [-0.15, -0.1) is 0 Å².